The van der Waals surface area contributed by atoms with Crippen molar-refractivity contribution in [1.82, 2.24) is 0 Å². The minimum absolute atomic E-state index is 0.0814. The zero-order valence-corrected chi connectivity index (χ0v) is 12.5. The zero-order chi connectivity index (χ0) is 14.2. The topological polar surface area (TPSA) is 112 Å². The second-order valence-corrected chi connectivity index (χ2v) is 11.6. The molecule has 0 aliphatic heterocycles. The highest BCUT2D eigenvalue weighted by atomic mass is 33.1. The summed E-state index contributed by atoms with van der Waals surface area (Å²) in [5, 5.41) is 17.5. The van der Waals surface area contributed by atoms with Crippen molar-refractivity contribution in [3.8, 4) is 0 Å². The lowest BCUT2D eigenvalue weighted by atomic mass is 10.1. The molecule has 0 aliphatic rings. The molecular weight excluding hydrogens is 299 g/mol. The number of carboxylic acid groups (broad SMARTS) is 2. The molecule has 2 unspecified atom stereocenters. The second kappa shape index (κ2) is 8.85. The summed E-state index contributed by atoms with van der Waals surface area (Å²) in [5.74, 6) is -2.71. The summed E-state index contributed by atoms with van der Waals surface area (Å²) in [6.45, 7) is 1.89. The van der Waals surface area contributed by atoms with E-state index in [9.17, 15) is 14.2 Å². The van der Waals surface area contributed by atoms with Crippen LogP contribution < -0.4 is 0 Å². The highest BCUT2D eigenvalue weighted by Crippen LogP contribution is 2.68. The highest BCUT2D eigenvalue weighted by Gasteiger charge is 2.31. The van der Waals surface area contributed by atoms with E-state index in [0.717, 1.165) is 17.8 Å². The van der Waals surface area contributed by atoms with Crippen molar-refractivity contribution in [2.75, 3.05) is 11.9 Å². The Morgan fingerprint density at radius 1 is 1.33 bits per heavy atom. The molecule has 0 heterocycles. The Balaban J connectivity index is 4.57. The van der Waals surface area contributed by atoms with Gasteiger partial charge in [0.2, 0.25) is 5.55 Å². The Morgan fingerprint density at radius 2 is 1.94 bits per heavy atom. The number of carboxylic acids is 2. The summed E-state index contributed by atoms with van der Waals surface area (Å²) in [6, 6.07) is 0. The molecule has 0 saturated heterocycles. The number of hydrogen-bond donors (Lipinski definition) is 3. The summed E-state index contributed by atoms with van der Waals surface area (Å²) < 4.78 is 21.2. The first-order chi connectivity index (χ1) is 8.34. The van der Waals surface area contributed by atoms with E-state index in [2.05, 4.69) is 0 Å². The molecule has 0 fully saturated rings. The van der Waals surface area contributed by atoms with Gasteiger partial charge in [-0.3, -0.25) is 14.2 Å². The van der Waals surface area contributed by atoms with Gasteiger partial charge in [-0.15, -0.1) is 0 Å². The third kappa shape index (κ3) is 7.31. The molecule has 0 rings (SSSR count). The maximum Gasteiger partial charge on any atom is 0.307 e. The number of carbonyl (C=O) groups is 2. The zero-order valence-electron chi connectivity index (χ0n) is 9.94. The molecule has 0 saturated carbocycles. The Kier molecular flexibility index (Phi) is 8.77. The number of rotatable bonds is 10. The standard InChI is InChI=1S/C9H17O6PS2/c1-2-5-17-16(14,18-15)6-7(9(12)13)3-4-8(10)11/h7,15H,2-6H2,1H3,(H,10,11)(H,12,13). The van der Waals surface area contributed by atoms with Crippen molar-refractivity contribution in [2.24, 2.45) is 5.92 Å². The van der Waals surface area contributed by atoms with Crippen molar-refractivity contribution in [3.05, 3.63) is 0 Å². The summed E-state index contributed by atoms with van der Waals surface area (Å²) in [7, 11) is 0. The van der Waals surface area contributed by atoms with Gasteiger partial charge in [-0.05, 0) is 12.8 Å². The summed E-state index contributed by atoms with van der Waals surface area (Å²) in [5.41, 5.74) is -3.07. The summed E-state index contributed by atoms with van der Waals surface area (Å²) in [4.78, 5) is 21.4. The number of hydrogen-bond acceptors (Lipinski definition) is 6. The number of aliphatic carboxylic acids is 2. The SMILES string of the molecule is CCCSP(=O)(CC(CCC(=O)O)C(=O)O)SO. The largest absolute Gasteiger partial charge is 0.481 e. The van der Waals surface area contributed by atoms with E-state index >= 15 is 0 Å². The molecule has 0 aromatic rings. The van der Waals surface area contributed by atoms with E-state index in [0.29, 0.717) is 5.75 Å². The lowest BCUT2D eigenvalue weighted by Crippen LogP contribution is -2.18. The minimum atomic E-state index is -3.07. The van der Waals surface area contributed by atoms with Crippen LogP contribution in [-0.2, 0) is 14.2 Å². The Hall–Kier alpha value is -0.170. The molecule has 0 aliphatic carbocycles. The van der Waals surface area contributed by atoms with Gasteiger partial charge in [-0.1, -0.05) is 18.3 Å². The molecular formula is C9H17O6PS2. The molecule has 0 spiro atoms. The van der Waals surface area contributed by atoms with Crippen molar-refractivity contribution in [3.63, 3.8) is 0 Å². The van der Waals surface area contributed by atoms with Crippen molar-refractivity contribution in [2.45, 2.75) is 26.2 Å². The molecule has 0 amide bonds. The van der Waals surface area contributed by atoms with E-state index in [1.165, 1.54) is 0 Å². The van der Waals surface area contributed by atoms with Gasteiger partial charge in [0.25, 0.3) is 0 Å². The first kappa shape index (κ1) is 17.8. The van der Waals surface area contributed by atoms with E-state index < -0.39 is 23.4 Å². The lowest BCUT2D eigenvalue weighted by molar-refractivity contribution is -0.142. The molecule has 6 nitrogen and oxygen atoms in total. The maximum atomic E-state index is 12.2. The van der Waals surface area contributed by atoms with Crippen molar-refractivity contribution >= 4 is 40.5 Å². The fourth-order valence-electron chi connectivity index (χ4n) is 1.20. The third-order valence-electron chi connectivity index (χ3n) is 2.12. The van der Waals surface area contributed by atoms with E-state index in [1.54, 1.807) is 0 Å². The summed E-state index contributed by atoms with van der Waals surface area (Å²) in [6.07, 6.45) is 0.205. The average Bonchev–Trinajstić information content (AvgIpc) is 2.31. The van der Waals surface area contributed by atoms with Crippen LogP contribution in [0.4, 0.5) is 0 Å². The lowest BCUT2D eigenvalue weighted by Gasteiger charge is -2.17. The van der Waals surface area contributed by atoms with Gasteiger partial charge >= 0.3 is 11.9 Å². The van der Waals surface area contributed by atoms with Crippen LogP contribution in [0.3, 0.4) is 0 Å². The van der Waals surface area contributed by atoms with Gasteiger partial charge in [0.1, 0.15) is 0 Å². The van der Waals surface area contributed by atoms with Gasteiger partial charge in [0.05, 0.1) is 17.6 Å². The normalized spacial score (nSPS) is 15.9. The van der Waals surface area contributed by atoms with Crippen LogP contribution in [0.2, 0.25) is 0 Å². The fraction of sp³-hybridized carbons (Fsp3) is 0.778. The average molecular weight is 316 g/mol. The van der Waals surface area contributed by atoms with Crippen LogP contribution >= 0.6 is 28.6 Å². The van der Waals surface area contributed by atoms with Gasteiger partial charge in [-0.25, -0.2) is 0 Å². The molecule has 0 aromatic heterocycles. The monoisotopic (exact) mass is 316 g/mol. The van der Waals surface area contributed by atoms with Crippen LogP contribution in [0.15, 0.2) is 0 Å². The minimum Gasteiger partial charge on any atom is -0.481 e. The molecule has 3 N–H and O–H groups in total. The predicted molar refractivity (Wildman–Crippen MR) is 73.4 cm³/mol. The van der Waals surface area contributed by atoms with Crippen LogP contribution in [0.1, 0.15) is 26.2 Å². The Bertz CT molecular complexity index is 335. The molecule has 0 bridgehead atoms. The van der Waals surface area contributed by atoms with Crippen molar-refractivity contribution in [1.29, 1.82) is 0 Å². The van der Waals surface area contributed by atoms with E-state index in [-0.39, 0.29) is 30.7 Å². The predicted octanol–water partition coefficient (Wildman–Crippen LogP) is 3.09. The van der Waals surface area contributed by atoms with Gasteiger partial charge in [-0.2, -0.15) is 0 Å². The first-order valence-electron chi connectivity index (χ1n) is 5.36. The second-order valence-electron chi connectivity index (χ2n) is 3.68. The van der Waals surface area contributed by atoms with Crippen LogP contribution in [-0.4, -0.2) is 38.6 Å². The van der Waals surface area contributed by atoms with Crippen LogP contribution in [0.25, 0.3) is 0 Å². The molecule has 0 radical (unpaired) electrons. The third-order valence-corrected chi connectivity index (χ3v) is 9.15. The smallest absolute Gasteiger partial charge is 0.307 e. The van der Waals surface area contributed by atoms with Crippen LogP contribution in [0.5, 0.6) is 0 Å². The first-order valence-corrected chi connectivity index (χ1v) is 10.2. The molecule has 0 aromatic carbocycles. The highest BCUT2D eigenvalue weighted by molar-refractivity contribution is 8.89. The molecule has 2 atom stereocenters. The fourth-order valence-corrected chi connectivity index (χ4v) is 6.97. The van der Waals surface area contributed by atoms with Gasteiger partial charge in [0, 0.05) is 18.3 Å². The van der Waals surface area contributed by atoms with Crippen LogP contribution in [0, 0.1) is 5.92 Å². The summed E-state index contributed by atoms with van der Waals surface area (Å²) >= 11 is 1.26. The quantitative estimate of drug-likeness (QED) is 0.416. The Morgan fingerprint density at radius 3 is 2.33 bits per heavy atom. The van der Waals surface area contributed by atoms with Crippen molar-refractivity contribution < 1.29 is 28.9 Å². The molecule has 106 valence electrons. The van der Waals surface area contributed by atoms with E-state index in [1.807, 2.05) is 6.92 Å². The Labute approximate surface area is 114 Å². The van der Waals surface area contributed by atoms with Gasteiger partial charge in [0.15, 0.2) is 0 Å². The molecule has 18 heavy (non-hydrogen) atoms. The van der Waals surface area contributed by atoms with Gasteiger partial charge < -0.3 is 14.8 Å². The maximum absolute atomic E-state index is 12.2. The molecule has 9 heteroatoms. The van der Waals surface area contributed by atoms with E-state index in [4.69, 9.17) is 14.8 Å².